The van der Waals surface area contributed by atoms with Crippen LogP contribution in [0.3, 0.4) is 0 Å². The van der Waals surface area contributed by atoms with Crippen LogP contribution in [0.15, 0.2) is 105 Å². The molecule has 0 amide bonds. The summed E-state index contributed by atoms with van der Waals surface area (Å²) in [6.45, 7) is 0. The minimum absolute atomic E-state index is 0.166. The van der Waals surface area contributed by atoms with E-state index in [4.69, 9.17) is 8.83 Å². The van der Waals surface area contributed by atoms with Crippen LogP contribution in [0.4, 0.5) is 0 Å². The summed E-state index contributed by atoms with van der Waals surface area (Å²) in [6, 6.07) is 27.5. The summed E-state index contributed by atoms with van der Waals surface area (Å²) in [4.78, 5) is 34.3. The first kappa shape index (κ1) is 24.3. The Hall–Kier alpha value is -4.34. The Bertz CT molecular complexity index is 2090. The second-order valence-electron chi connectivity index (χ2n) is 10.0. The van der Waals surface area contributed by atoms with Gasteiger partial charge in [-0.05, 0) is 83.6 Å². The van der Waals surface area contributed by atoms with E-state index in [-0.39, 0.29) is 11.6 Å². The third kappa shape index (κ3) is 3.70. The zero-order valence-electron chi connectivity index (χ0n) is 21.5. The van der Waals surface area contributed by atoms with E-state index in [1.165, 1.54) is 19.5 Å². The number of carbonyl (C=O) groups is 2. The highest BCUT2D eigenvalue weighted by atomic mass is 32.1. The van der Waals surface area contributed by atoms with Crippen LogP contribution in [0.5, 0.6) is 0 Å². The monoisotopic (exact) mass is 616 g/mol. The summed E-state index contributed by atoms with van der Waals surface area (Å²) >= 11 is 6.72. The van der Waals surface area contributed by atoms with Crippen molar-refractivity contribution in [2.24, 2.45) is 0 Å². The molecule has 0 spiro atoms. The lowest BCUT2D eigenvalue weighted by molar-refractivity contribution is 0.0979. The van der Waals surface area contributed by atoms with Gasteiger partial charge in [-0.3, -0.25) is 9.59 Å². The molecule has 0 radical (unpaired) electrons. The summed E-state index contributed by atoms with van der Waals surface area (Å²) < 4.78 is 12.4. The molecule has 0 bridgehead atoms. The van der Waals surface area contributed by atoms with Crippen molar-refractivity contribution in [3.8, 4) is 40.8 Å². The zero-order chi connectivity index (χ0) is 27.9. The number of hydrogen-bond acceptors (Lipinski definition) is 8. The molecule has 9 rings (SSSR count). The molecule has 1 aliphatic carbocycles. The van der Waals surface area contributed by atoms with Gasteiger partial charge in [-0.25, -0.2) is 0 Å². The van der Waals surface area contributed by atoms with Crippen LogP contribution in [0.1, 0.15) is 31.8 Å². The number of ketones is 2. The van der Waals surface area contributed by atoms with Gasteiger partial charge in [0.15, 0.2) is 11.6 Å². The van der Waals surface area contributed by atoms with E-state index < -0.39 is 0 Å². The maximum Gasteiger partial charge on any atom is 0.194 e. The van der Waals surface area contributed by atoms with Crippen molar-refractivity contribution in [1.29, 1.82) is 0 Å². The molecule has 4 nitrogen and oxygen atoms in total. The maximum atomic E-state index is 13.8. The van der Waals surface area contributed by atoms with Crippen LogP contribution in [0.25, 0.3) is 62.7 Å². The first-order chi connectivity index (χ1) is 20.6. The quantitative estimate of drug-likeness (QED) is 0.197. The van der Waals surface area contributed by atoms with Crippen molar-refractivity contribution in [1.82, 2.24) is 0 Å². The molecule has 0 atom stereocenters. The molecule has 0 unspecified atom stereocenters. The van der Waals surface area contributed by atoms with Crippen molar-refractivity contribution in [2.45, 2.75) is 0 Å². The zero-order valence-corrected chi connectivity index (χ0v) is 24.8. The number of hydrogen-bond donors (Lipinski definition) is 0. The minimum Gasteiger partial charge on any atom is -0.455 e. The third-order valence-electron chi connectivity index (χ3n) is 7.52. The Kier molecular flexibility index (Phi) is 5.25. The molecule has 0 fully saturated rings. The van der Waals surface area contributed by atoms with Crippen molar-refractivity contribution >= 4 is 78.9 Å². The van der Waals surface area contributed by atoms with Gasteiger partial charge in [-0.1, -0.05) is 12.1 Å². The second-order valence-corrected chi connectivity index (χ2v) is 14.1. The highest BCUT2D eigenvalue weighted by Gasteiger charge is 2.32. The second kappa shape index (κ2) is 9.08. The Labute approximate surface area is 254 Å². The number of carbonyl (C=O) groups excluding carboxylic acids is 2. The van der Waals surface area contributed by atoms with Gasteiger partial charge in [0, 0.05) is 52.5 Å². The smallest absolute Gasteiger partial charge is 0.194 e. The molecule has 8 aromatic rings. The van der Waals surface area contributed by atoms with Crippen LogP contribution in [0, 0.1) is 0 Å². The van der Waals surface area contributed by atoms with Crippen molar-refractivity contribution in [2.75, 3.05) is 0 Å². The van der Waals surface area contributed by atoms with Gasteiger partial charge < -0.3 is 8.83 Å². The molecule has 1 aliphatic rings. The van der Waals surface area contributed by atoms with E-state index in [9.17, 15) is 9.59 Å². The Balaban J connectivity index is 1.09. The Morgan fingerprint density at radius 1 is 0.452 bits per heavy atom. The topological polar surface area (TPSA) is 60.4 Å². The number of thiophene rings is 4. The van der Waals surface area contributed by atoms with Gasteiger partial charge in [0.1, 0.15) is 22.7 Å². The fourth-order valence-electron chi connectivity index (χ4n) is 5.50. The van der Waals surface area contributed by atoms with E-state index >= 15 is 0 Å². The molecule has 200 valence electrons. The summed E-state index contributed by atoms with van der Waals surface area (Å²) in [7, 11) is 0. The molecule has 0 N–H and O–H groups in total. The summed E-state index contributed by atoms with van der Waals surface area (Å²) in [6.07, 6.45) is 0. The van der Waals surface area contributed by atoms with Crippen LogP contribution < -0.4 is 0 Å². The van der Waals surface area contributed by atoms with E-state index in [0.717, 1.165) is 32.0 Å². The summed E-state index contributed by atoms with van der Waals surface area (Å²) in [5.74, 6) is 1.07. The molecule has 0 saturated heterocycles. The number of furan rings is 2. The highest BCUT2D eigenvalue weighted by Crippen LogP contribution is 2.42. The van der Waals surface area contributed by atoms with Gasteiger partial charge in [-0.2, -0.15) is 0 Å². The van der Waals surface area contributed by atoms with Gasteiger partial charge in [0.25, 0.3) is 0 Å². The van der Waals surface area contributed by atoms with Crippen LogP contribution in [-0.2, 0) is 0 Å². The number of fused-ring (bicyclic) bond motifs is 4. The Morgan fingerprint density at radius 2 is 0.881 bits per heavy atom. The molecule has 6 aromatic heterocycles. The molecule has 6 heterocycles. The highest BCUT2D eigenvalue weighted by molar-refractivity contribution is 7.23. The first-order valence-electron chi connectivity index (χ1n) is 13.1. The molecule has 0 saturated carbocycles. The lowest BCUT2D eigenvalue weighted by atomic mass is 9.83. The minimum atomic E-state index is -0.202. The van der Waals surface area contributed by atoms with Gasteiger partial charge in [0.2, 0.25) is 0 Å². The SMILES string of the molecule is O=C1c2cc3cc(-c4ccc(-c5cccs5)s4)oc3cc2C(=O)c2cc3oc(-c4ccc(-c5cccs5)s4)cc3cc21. The van der Waals surface area contributed by atoms with E-state index in [1.54, 1.807) is 69.6 Å². The lowest BCUT2D eigenvalue weighted by Crippen LogP contribution is -2.20. The normalized spacial score (nSPS) is 12.9. The molecular formula is C34H16O4S4. The molecule has 8 heteroatoms. The van der Waals surface area contributed by atoms with Crippen molar-refractivity contribution < 1.29 is 18.4 Å². The van der Waals surface area contributed by atoms with Crippen LogP contribution >= 0.6 is 45.3 Å². The Morgan fingerprint density at radius 3 is 1.31 bits per heavy atom. The molecular weight excluding hydrogens is 601 g/mol. The molecule has 0 aliphatic heterocycles. The fourth-order valence-corrected chi connectivity index (χ4v) is 9.09. The summed E-state index contributed by atoms with van der Waals surface area (Å²) in [5, 5.41) is 5.72. The van der Waals surface area contributed by atoms with Gasteiger partial charge >= 0.3 is 0 Å². The molecule has 2 aromatic carbocycles. The van der Waals surface area contributed by atoms with Gasteiger partial charge in [-0.15, -0.1) is 45.3 Å². The van der Waals surface area contributed by atoms with Crippen LogP contribution in [0.2, 0.25) is 0 Å². The number of rotatable bonds is 4. The van der Waals surface area contributed by atoms with Crippen molar-refractivity contribution in [3.05, 3.63) is 118 Å². The first-order valence-corrected chi connectivity index (χ1v) is 16.5. The average molecular weight is 617 g/mol. The van der Waals surface area contributed by atoms with Crippen molar-refractivity contribution in [3.63, 3.8) is 0 Å². The fraction of sp³-hybridized carbons (Fsp3) is 0. The number of benzene rings is 2. The predicted octanol–water partition coefficient (Wildman–Crippen LogP) is 10.9. The lowest BCUT2D eigenvalue weighted by Gasteiger charge is -2.17. The van der Waals surface area contributed by atoms with E-state index in [0.29, 0.717) is 33.4 Å². The van der Waals surface area contributed by atoms with E-state index in [2.05, 4.69) is 35.0 Å². The van der Waals surface area contributed by atoms with Gasteiger partial charge in [0.05, 0.1) is 9.75 Å². The largest absolute Gasteiger partial charge is 0.455 e. The van der Waals surface area contributed by atoms with Crippen LogP contribution in [-0.4, -0.2) is 11.6 Å². The predicted molar refractivity (Wildman–Crippen MR) is 173 cm³/mol. The third-order valence-corrected chi connectivity index (χ3v) is 11.8. The summed E-state index contributed by atoms with van der Waals surface area (Å²) in [5.41, 5.74) is 2.69. The average Bonchev–Trinajstić information content (AvgIpc) is 3.83. The standard InChI is InChI=1S/C34H16O4S4/c35-33-19-11-17-13-25(27-5-7-31(41-27)29-3-1-9-39-29)37-23(17)15-21(19)34(36)22-16-24-18(12-20(22)33)14-26(38-24)28-6-8-32(42-28)30-4-2-10-40-30/h1-16H. The maximum absolute atomic E-state index is 13.8. The molecule has 42 heavy (non-hydrogen) atoms. The van der Waals surface area contributed by atoms with E-state index in [1.807, 2.05) is 36.4 Å².